The van der Waals surface area contributed by atoms with Gasteiger partial charge in [-0.05, 0) is 37.5 Å². The molecule has 0 radical (unpaired) electrons. The van der Waals surface area contributed by atoms with Crippen molar-refractivity contribution in [2.45, 2.75) is 180 Å². The van der Waals surface area contributed by atoms with E-state index in [0.29, 0.717) is 25.7 Å². The van der Waals surface area contributed by atoms with E-state index in [4.69, 9.17) is 9.47 Å². The van der Waals surface area contributed by atoms with Crippen molar-refractivity contribution in [3.05, 3.63) is 12.2 Å². The molecule has 0 saturated heterocycles. The van der Waals surface area contributed by atoms with Crippen LogP contribution in [-0.2, 0) is 19.1 Å². The Kier molecular flexibility index (Phi) is 24.5. The van der Waals surface area contributed by atoms with Gasteiger partial charge in [-0.2, -0.15) is 0 Å². The second kappa shape index (κ2) is 26.6. The number of carbonyl (C=O) groups is 2. The summed E-state index contributed by atoms with van der Waals surface area (Å²) in [6.07, 6.45) is 20.6. The first-order chi connectivity index (χ1) is 21.7. The third-order valence-corrected chi connectivity index (χ3v) is 9.09. The predicted molar refractivity (Wildman–Crippen MR) is 180 cm³/mol. The van der Waals surface area contributed by atoms with Gasteiger partial charge in [0, 0.05) is 25.2 Å². The summed E-state index contributed by atoms with van der Waals surface area (Å²) in [5, 5.41) is 40.7. The molecular formula is C37H68O8. The van der Waals surface area contributed by atoms with E-state index >= 15 is 0 Å². The Labute approximate surface area is 274 Å². The number of rotatable bonds is 28. The van der Waals surface area contributed by atoms with E-state index in [1.165, 1.54) is 38.5 Å². The molecule has 1 aliphatic carbocycles. The van der Waals surface area contributed by atoms with Crippen LogP contribution < -0.4 is 0 Å². The molecule has 0 heterocycles. The minimum Gasteiger partial charge on any atom is -0.462 e. The second-order valence-electron chi connectivity index (χ2n) is 13.8. The van der Waals surface area contributed by atoms with E-state index in [1.54, 1.807) is 6.08 Å². The van der Waals surface area contributed by atoms with Crippen LogP contribution >= 0.6 is 0 Å². The molecule has 0 aromatic rings. The van der Waals surface area contributed by atoms with Crippen molar-refractivity contribution in [2.24, 2.45) is 17.8 Å². The third-order valence-electron chi connectivity index (χ3n) is 9.09. The van der Waals surface area contributed by atoms with E-state index < -0.39 is 24.4 Å². The van der Waals surface area contributed by atoms with E-state index in [-0.39, 0.29) is 43.4 Å². The number of hydrogen-bond donors (Lipinski definition) is 4. The number of hydrogen-bond acceptors (Lipinski definition) is 8. The van der Waals surface area contributed by atoms with Gasteiger partial charge in [-0.15, -0.1) is 0 Å². The molecule has 8 heteroatoms. The number of ether oxygens (including phenoxy) is 2. The van der Waals surface area contributed by atoms with E-state index in [9.17, 15) is 30.0 Å². The van der Waals surface area contributed by atoms with E-state index in [2.05, 4.69) is 20.8 Å². The van der Waals surface area contributed by atoms with Crippen LogP contribution in [0.4, 0.5) is 0 Å². The van der Waals surface area contributed by atoms with Gasteiger partial charge in [0.05, 0.1) is 24.9 Å². The molecule has 0 spiro atoms. The lowest BCUT2D eigenvalue weighted by Gasteiger charge is -2.21. The number of unbranched alkanes of at least 4 members (excludes halogenated alkanes) is 12. The summed E-state index contributed by atoms with van der Waals surface area (Å²) >= 11 is 0. The zero-order valence-corrected chi connectivity index (χ0v) is 28.9. The zero-order valence-electron chi connectivity index (χ0n) is 28.9. The maximum atomic E-state index is 12.2. The molecule has 0 aromatic carbocycles. The molecule has 0 aliphatic heterocycles. The van der Waals surface area contributed by atoms with Crippen LogP contribution in [-0.4, -0.2) is 70.0 Å². The van der Waals surface area contributed by atoms with Crippen molar-refractivity contribution < 1.29 is 39.5 Å². The smallest absolute Gasteiger partial charge is 0.306 e. The standard InChI is InChI=1S/C37H68O8/c1-4-5-14-20-30(39)24-25-33-32(34(40)26-35(33)41)21-16-12-13-17-22-36(42)44-28-31(27-38)45-37(43)23-18-11-9-7-6-8-10-15-19-29(2)3/h24-25,29-35,38-41H,4-23,26-28H2,1-3H3/b25-24+/t30-,31-,32+,33+,34-,35+/m0/s1. The molecule has 0 bridgehead atoms. The quantitative estimate of drug-likeness (QED) is 0.0401. The predicted octanol–water partition coefficient (Wildman–Crippen LogP) is 7.19. The summed E-state index contributed by atoms with van der Waals surface area (Å²) in [4.78, 5) is 24.3. The van der Waals surface area contributed by atoms with Crippen molar-refractivity contribution in [2.75, 3.05) is 13.2 Å². The second-order valence-corrected chi connectivity index (χ2v) is 13.8. The molecule has 0 amide bonds. The number of carbonyl (C=O) groups excluding carboxylic acids is 2. The van der Waals surface area contributed by atoms with Crippen LogP contribution in [0.15, 0.2) is 12.2 Å². The van der Waals surface area contributed by atoms with Crippen molar-refractivity contribution >= 4 is 11.9 Å². The Morgan fingerprint density at radius 3 is 1.98 bits per heavy atom. The lowest BCUT2D eigenvalue weighted by atomic mass is 9.88. The Balaban J connectivity index is 2.13. The van der Waals surface area contributed by atoms with Crippen LogP contribution in [0, 0.1) is 17.8 Å². The average Bonchev–Trinajstić information content (AvgIpc) is 3.27. The molecule has 264 valence electrons. The SMILES string of the molecule is CCCCC[C@H](O)/C=C/[C@@H]1[C@@H](CCCCCCC(=O)OC[C@H](CO)OC(=O)CCCCCCCCCCC(C)C)[C@@H](O)C[C@H]1O. The fourth-order valence-electron chi connectivity index (χ4n) is 6.25. The summed E-state index contributed by atoms with van der Waals surface area (Å²) in [7, 11) is 0. The van der Waals surface area contributed by atoms with Gasteiger partial charge in [-0.3, -0.25) is 9.59 Å². The van der Waals surface area contributed by atoms with Gasteiger partial charge in [-0.1, -0.05) is 123 Å². The van der Waals surface area contributed by atoms with Crippen molar-refractivity contribution in [1.82, 2.24) is 0 Å². The first-order valence-corrected chi connectivity index (χ1v) is 18.4. The normalized spacial score (nSPS) is 21.4. The highest BCUT2D eigenvalue weighted by molar-refractivity contribution is 5.70. The highest BCUT2D eigenvalue weighted by atomic mass is 16.6. The largest absolute Gasteiger partial charge is 0.462 e. The maximum Gasteiger partial charge on any atom is 0.306 e. The highest BCUT2D eigenvalue weighted by Crippen LogP contribution is 2.37. The van der Waals surface area contributed by atoms with Gasteiger partial charge in [0.2, 0.25) is 0 Å². The van der Waals surface area contributed by atoms with Crippen molar-refractivity contribution in [1.29, 1.82) is 0 Å². The number of aliphatic hydroxyl groups is 4. The number of aliphatic hydroxyl groups excluding tert-OH is 4. The summed E-state index contributed by atoms with van der Waals surface area (Å²) in [6.45, 7) is 6.14. The maximum absolute atomic E-state index is 12.2. The molecule has 0 aromatic heterocycles. The first kappa shape index (κ1) is 41.5. The summed E-state index contributed by atoms with van der Waals surface area (Å²) in [5.74, 6) is -0.125. The summed E-state index contributed by atoms with van der Waals surface area (Å²) in [5.41, 5.74) is 0. The molecule has 6 atom stereocenters. The molecule has 1 fully saturated rings. The molecule has 8 nitrogen and oxygen atoms in total. The molecule has 45 heavy (non-hydrogen) atoms. The van der Waals surface area contributed by atoms with Crippen molar-refractivity contribution in [3.63, 3.8) is 0 Å². The van der Waals surface area contributed by atoms with Crippen LogP contribution in [0.3, 0.4) is 0 Å². The van der Waals surface area contributed by atoms with E-state index in [0.717, 1.165) is 70.1 Å². The van der Waals surface area contributed by atoms with Gasteiger partial charge in [0.1, 0.15) is 6.61 Å². The Bertz CT molecular complexity index is 770. The Hall–Kier alpha value is -1.48. The fraction of sp³-hybridized carbons (Fsp3) is 0.892. The van der Waals surface area contributed by atoms with Crippen LogP contribution in [0.2, 0.25) is 0 Å². The highest BCUT2D eigenvalue weighted by Gasteiger charge is 2.39. The molecular weight excluding hydrogens is 572 g/mol. The lowest BCUT2D eigenvalue weighted by Crippen LogP contribution is -2.28. The van der Waals surface area contributed by atoms with Crippen molar-refractivity contribution in [3.8, 4) is 0 Å². The van der Waals surface area contributed by atoms with Crippen LogP contribution in [0.1, 0.15) is 156 Å². The molecule has 0 unspecified atom stereocenters. The van der Waals surface area contributed by atoms with Gasteiger partial charge in [0.15, 0.2) is 6.10 Å². The minimum absolute atomic E-state index is 0.0311. The van der Waals surface area contributed by atoms with Gasteiger partial charge < -0.3 is 29.9 Å². The van der Waals surface area contributed by atoms with E-state index in [1.807, 2.05) is 6.08 Å². The monoisotopic (exact) mass is 640 g/mol. The van der Waals surface area contributed by atoms with Gasteiger partial charge >= 0.3 is 11.9 Å². The van der Waals surface area contributed by atoms with Crippen LogP contribution in [0.5, 0.6) is 0 Å². The van der Waals surface area contributed by atoms with Gasteiger partial charge in [-0.25, -0.2) is 0 Å². The van der Waals surface area contributed by atoms with Crippen LogP contribution in [0.25, 0.3) is 0 Å². The molecule has 1 rings (SSSR count). The fourth-order valence-corrected chi connectivity index (χ4v) is 6.25. The average molecular weight is 641 g/mol. The molecule has 1 aliphatic rings. The lowest BCUT2D eigenvalue weighted by molar-refractivity contribution is -0.161. The summed E-state index contributed by atoms with van der Waals surface area (Å²) in [6, 6.07) is 0. The minimum atomic E-state index is -0.833. The Morgan fingerprint density at radius 1 is 0.778 bits per heavy atom. The summed E-state index contributed by atoms with van der Waals surface area (Å²) < 4.78 is 10.5. The molecule has 1 saturated carbocycles. The first-order valence-electron chi connectivity index (χ1n) is 18.4. The molecule has 4 N–H and O–H groups in total. The third kappa shape index (κ3) is 21.1. The Morgan fingerprint density at radius 2 is 1.36 bits per heavy atom. The number of esters is 2. The topological polar surface area (TPSA) is 134 Å². The van der Waals surface area contributed by atoms with Gasteiger partial charge in [0.25, 0.3) is 0 Å². The zero-order chi connectivity index (χ0) is 33.3.